The zero-order chi connectivity index (χ0) is 11.6. The van der Waals surface area contributed by atoms with Crippen molar-refractivity contribution >= 4 is 5.84 Å². The number of hydrogen-bond donors (Lipinski definition) is 1. The molecule has 0 radical (unpaired) electrons. The van der Waals surface area contributed by atoms with E-state index in [4.69, 9.17) is 10.5 Å². The third-order valence-corrected chi connectivity index (χ3v) is 3.39. The highest BCUT2D eigenvalue weighted by molar-refractivity contribution is 5.82. The van der Waals surface area contributed by atoms with Crippen LogP contribution in [0.1, 0.15) is 41.0 Å². The molecule has 0 aromatic carbocycles. The van der Waals surface area contributed by atoms with Crippen LogP contribution in [0.25, 0.3) is 0 Å². The van der Waals surface area contributed by atoms with E-state index >= 15 is 0 Å². The first-order valence-corrected chi connectivity index (χ1v) is 5.84. The Morgan fingerprint density at radius 1 is 1.53 bits per heavy atom. The van der Waals surface area contributed by atoms with E-state index in [1.54, 1.807) is 0 Å². The third-order valence-electron chi connectivity index (χ3n) is 3.39. The van der Waals surface area contributed by atoms with E-state index < -0.39 is 0 Å². The summed E-state index contributed by atoms with van der Waals surface area (Å²) in [5.41, 5.74) is 6.01. The topological polar surface area (TPSA) is 47.6 Å². The Labute approximate surface area is 93.1 Å². The molecule has 0 aromatic rings. The Bertz CT molecular complexity index is 246. The summed E-state index contributed by atoms with van der Waals surface area (Å²) in [5.74, 6) is 1.11. The van der Waals surface area contributed by atoms with Crippen molar-refractivity contribution in [1.29, 1.82) is 0 Å². The summed E-state index contributed by atoms with van der Waals surface area (Å²) in [7, 11) is 0. The lowest BCUT2D eigenvalue weighted by atomic mass is 9.64. The maximum absolute atomic E-state index is 5.88. The predicted octanol–water partition coefficient (Wildman–Crippen LogP) is 2.20. The van der Waals surface area contributed by atoms with Crippen LogP contribution in [-0.4, -0.2) is 24.6 Å². The zero-order valence-electron chi connectivity index (χ0n) is 10.6. The molecule has 1 aliphatic carbocycles. The smallest absolute Gasteiger partial charge is 0.0966 e. The lowest BCUT2D eigenvalue weighted by Gasteiger charge is -2.49. The monoisotopic (exact) mass is 212 g/mol. The second-order valence-corrected chi connectivity index (χ2v) is 5.23. The summed E-state index contributed by atoms with van der Waals surface area (Å²) in [6.07, 6.45) is 1.35. The SMILES string of the molecule is CCOC1CC(N=C(N)C(C)C)C1(C)C. The van der Waals surface area contributed by atoms with Crippen LogP contribution in [0.2, 0.25) is 0 Å². The van der Waals surface area contributed by atoms with Crippen LogP contribution in [0.15, 0.2) is 4.99 Å². The van der Waals surface area contributed by atoms with Gasteiger partial charge in [0.2, 0.25) is 0 Å². The van der Waals surface area contributed by atoms with Gasteiger partial charge < -0.3 is 10.5 Å². The van der Waals surface area contributed by atoms with Crippen LogP contribution in [0.4, 0.5) is 0 Å². The summed E-state index contributed by atoms with van der Waals surface area (Å²) >= 11 is 0. The molecule has 1 aliphatic rings. The van der Waals surface area contributed by atoms with E-state index in [1.165, 1.54) is 0 Å². The molecule has 15 heavy (non-hydrogen) atoms. The summed E-state index contributed by atoms with van der Waals surface area (Å²) in [6.45, 7) is 11.4. The first-order valence-electron chi connectivity index (χ1n) is 5.84. The van der Waals surface area contributed by atoms with Crippen molar-refractivity contribution in [2.75, 3.05) is 6.61 Å². The Morgan fingerprint density at radius 2 is 2.13 bits per heavy atom. The van der Waals surface area contributed by atoms with E-state index in [0.29, 0.717) is 18.1 Å². The molecule has 2 unspecified atom stereocenters. The molecule has 3 heteroatoms. The largest absolute Gasteiger partial charge is 0.387 e. The van der Waals surface area contributed by atoms with Crippen molar-refractivity contribution in [3.8, 4) is 0 Å². The summed E-state index contributed by atoms with van der Waals surface area (Å²) in [4.78, 5) is 4.58. The Morgan fingerprint density at radius 3 is 2.53 bits per heavy atom. The van der Waals surface area contributed by atoms with Gasteiger partial charge in [0.1, 0.15) is 0 Å². The number of nitrogens with zero attached hydrogens (tertiary/aromatic N) is 1. The van der Waals surface area contributed by atoms with Crippen molar-refractivity contribution in [3.05, 3.63) is 0 Å². The number of amidine groups is 1. The van der Waals surface area contributed by atoms with Gasteiger partial charge in [0, 0.05) is 17.9 Å². The average Bonchev–Trinajstić information content (AvgIpc) is 2.16. The number of aliphatic imine (C=N–C) groups is 1. The number of hydrogen-bond acceptors (Lipinski definition) is 2. The molecule has 0 aliphatic heterocycles. The van der Waals surface area contributed by atoms with Gasteiger partial charge in [0.25, 0.3) is 0 Å². The van der Waals surface area contributed by atoms with Crippen LogP contribution < -0.4 is 5.73 Å². The fraction of sp³-hybridized carbons (Fsp3) is 0.917. The van der Waals surface area contributed by atoms with E-state index in [1.807, 2.05) is 6.92 Å². The van der Waals surface area contributed by atoms with E-state index in [2.05, 4.69) is 32.7 Å². The highest BCUT2D eigenvalue weighted by Gasteiger charge is 2.49. The van der Waals surface area contributed by atoms with Gasteiger partial charge in [-0.15, -0.1) is 0 Å². The minimum absolute atomic E-state index is 0.134. The molecule has 3 nitrogen and oxygen atoms in total. The Balaban J connectivity index is 2.59. The molecule has 0 bridgehead atoms. The standard InChI is InChI=1S/C12H24N2O/c1-6-15-10-7-9(12(10,4)5)14-11(13)8(2)3/h8-10H,6-7H2,1-5H3,(H2,13,14). The van der Waals surface area contributed by atoms with Crippen LogP contribution in [0.5, 0.6) is 0 Å². The quantitative estimate of drug-likeness (QED) is 0.573. The van der Waals surface area contributed by atoms with Crippen molar-refractivity contribution in [3.63, 3.8) is 0 Å². The molecule has 1 saturated carbocycles. The molecule has 0 amide bonds. The fourth-order valence-electron chi connectivity index (χ4n) is 1.90. The normalized spacial score (nSPS) is 30.4. The van der Waals surface area contributed by atoms with Gasteiger partial charge in [-0.2, -0.15) is 0 Å². The van der Waals surface area contributed by atoms with Crippen LogP contribution in [0.3, 0.4) is 0 Å². The van der Waals surface area contributed by atoms with Crippen LogP contribution >= 0.6 is 0 Å². The van der Waals surface area contributed by atoms with Gasteiger partial charge in [0.15, 0.2) is 0 Å². The molecule has 2 N–H and O–H groups in total. The van der Waals surface area contributed by atoms with Gasteiger partial charge in [-0.1, -0.05) is 27.7 Å². The van der Waals surface area contributed by atoms with E-state index in [-0.39, 0.29) is 5.41 Å². The summed E-state index contributed by atoms with van der Waals surface area (Å²) < 4.78 is 5.66. The van der Waals surface area contributed by atoms with Crippen molar-refractivity contribution < 1.29 is 4.74 Å². The van der Waals surface area contributed by atoms with Crippen LogP contribution in [0, 0.1) is 11.3 Å². The third kappa shape index (κ3) is 2.51. The average molecular weight is 212 g/mol. The molecule has 0 saturated heterocycles. The molecular weight excluding hydrogens is 188 g/mol. The zero-order valence-corrected chi connectivity index (χ0v) is 10.6. The van der Waals surface area contributed by atoms with Gasteiger partial charge in [-0.05, 0) is 13.3 Å². The molecule has 1 fully saturated rings. The maximum atomic E-state index is 5.88. The first-order chi connectivity index (χ1) is 6.89. The Hall–Kier alpha value is -0.570. The van der Waals surface area contributed by atoms with Crippen LogP contribution in [-0.2, 0) is 4.74 Å². The fourth-order valence-corrected chi connectivity index (χ4v) is 1.90. The molecule has 0 heterocycles. The van der Waals surface area contributed by atoms with Gasteiger partial charge >= 0.3 is 0 Å². The molecular formula is C12H24N2O. The van der Waals surface area contributed by atoms with Gasteiger partial charge in [-0.3, -0.25) is 4.99 Å². The van der Waals surface area contributed by atoms with Crippen molar-refractivity contribution in [2.24, 2.45) is 22.1 Å². The number of ether oxygens (including phenoxy) is 1. The van der Waals surface area contributed by atoms with Gasteiger partial charge in [0.05, 0.1) is 18.0 Å². The van der Waals surface area contributed by atoms with E-state index in [9.17, 15) is 0 Å². The minimum atomic E-state index is 0.134. The minimum Gasteiger partial charge on any atom is -0.387 e. The highest BCUT2D eigenvalue weighted by atomic mass is 16.5. The number of nitrogens with two attached hydrogens (primary N) is 1. The second-order valence-electron chi connectivity index (χ2n) is 5.23. The van der Waals surface area contributed by atoms with Gasteiger partial charge in [-0.25, -0.2) is 0 Å². The summed E-state index contributed by atoms with van der Waals surface area (Å²) in [6, 6.07) is 0.330. The molecule has 0 aromatic heterocycles. The summed E-state index contributed by atoms with van der Waals surface area (Å²) in [5, 5.41) is 0. The highest BCUT2D eigenvalue weighted by Crippen LogP contribution is 2.44. The molecule has 0 spiro atoms. The van der Waals surface area contributed by atoms with Crippen molar-refractivity contribution in [1.82, 2.24) is 0 Å². The maximum Gasteiger partial charge on any atom is 0.0966 e. The number of rotatable bonds is 4. The lowest BCUT2D eigenvalue weighted by Crippen LogP contribution is -2.54. The molecule has 2 atom stereocenters. The van der Waals surface area contributed by atoms with E-state index in [0.717, 1.165) is 18.9 Å². The second kappa shape index (κ2) is 4.52. The molecule has 88 valence electrons. The van der Waals surface area contributed by atoms with Crippen molar-refractivity contribution in [2.45, 2.75) is 53.2 Å². The Kier molecular flexibility index (Phi) is 3.77. The first kappa shape index (κ1) is 12.5. The molecule has 1 rings (SSSR count). The lowest BCUT2D eigenvalue weighted by molar-refractivity contribution is -0.103. The predicted molar refractivity (Wildman–Crippen MR) is 64.1 cm³/mol.